The van der Waals surface area contributed by atoms with Crippen LogP contribution in [0.3, 0.4) is 0 Å². The molecule has 0 radical (unpaired) electrons. The third-order valence-electron chi connectivity index (χ3n) is 2.29. The lowest BCUT2D eigenvalue weighted by Crippen LogP contribution is -2.17. The van der Waals surface area contributed by atoms with E-state index in [-0.39, 0.29) is 24.2 Å². The number of benzene rings is 1. The molecule has 0 aromatic heterocycles. The summed E-state index contributed by atoms with van der Waals surface area (Å²) in [5.41, 5.74) is 0.174. The van der Waals surface area contributed by atoms with Crippen molar-refractivity contribution in [2.75, 3.05) is 12.0 Å². The van der Waals surface area contributed by atoms with Crippen LogP contribution >= 0.6 is 0 Å². The van der Waals surface area contributed by atoms with Crippen LogP contribution in [0.15, 0.2) is 18.2 Å². The molecule has 1 aromatic carbocycles. The first-order chi connectivity index (χ1) is 7.78. The second kappa shape index (κ2) is 5.55. The standard InChI is InChI=1S/C11H14F2O3S/c1-17(15,16)5-4-10(14)6-8-2-3-9(12)7-11(8)13/h2-3,7,10,14H,4-6H2,1H3. The zero-order chi connectivity index (χ0) is 13.1. The van der Waals surface area contributed by atoms with Crippen molar-refractivity contribution in [1.82, 2.24) is 0 Å². The molecule has 0 saturated carbocycles. The molecule has 1 N–H and O–H groups in total. The first-order valence-corrected chi connectivity index (χ1v) is 7.14. The van der Waals surface area contributed by atoms with Crippen LogP contribution in [-0.2, 0) is 16.3 Å². The van der Waals surface area contributed by atoms with Crippen LogP contribution in [0, 0.1) is 11.6 Å². The summed E-state index contributed by atoms with van der Waals surface area (Å²) in [7, 11) is -3.14. The minimum absolute atomic E-state index is 0.0262. The van der Waals surface area contributed by atoms with Gasteiger partial charge in [0, 0.05) is 18.7 Å². The Kier molecular flexibility index (Phi) is 4.59. The van der Waals surface area contributed by atoms with E-state index in [4.69, 9.17) is 0 Å². The highest BCUT2D eigenvalue weighted by Gasteiger charge is 2.12. The van der Waals surface area contributed by atoms with Crippen molar-refractivity contribution >= 4 is 9.84 Å². The van der Waals surface area contributed by atoms with Crippen LogP contribution in [0.5, 0.6) is 0 Å². The van der Waals surface area contributed by atoms with Gasteiger partial charge in [0.05, 0.1) is 11.9 Å². The van der Waals surface area contributed by atoms with Crippen molar-refractivity contribution in [3.8, 4) is 0 Å². The summed E-state index contributed by atoms with van der Waals surface area (Å²) < 4.78 is 47.6. The fourth-order valence-electron chi connectivity index (χ4n) is 1.39. The van der Waals surface area contributed by atoms with Gasteiger partial charge in [0.2, 0.25) is 0 Å². The number of hydrogen-bond donors (Lipinski definition) is 1. The average molecular weight is 264 g/mol. The summed E-state index contributed by atoms with van der Waals surface area (Å²) in [6.45, 7) is 0. The second-order valence-corrected chi connectivity index (χ2v) is 6.27. The van der Waals surface area contributed by atoms with Gasteiger partial charge in [-0.05, 0) is 18.1 Å². The molecule has 0 heterocycles. The number of aliphatic hydroxyl groups is 1. The van der Waals surface area contributed by atoms with Crippen LogP contribution < -0.4 is 0 Å². The molecule has 1 aromatic rings. The minimum atomic E-state index is -3.14. The van der Waals surface area contributed by atoms with Gasteiger partial charge < -0.3 is 5.11 Å². The van der Waals surface area contributed by atoms with Gasteiger partial charge in [0.25, 0.3) is 0 Å². The lowest BCUT2D eigenvalue weighted by atomic mass is 10.1. The summed E-state index contributed by atoms with van der Waals surface area (Å²) in [5.74, 6) is -1.57. The third-order valence-corrected chi connectivity index (χ3v) is 3.27. The van der Waals surface area contributed by atoms with Crippen LogP contribution in [-0.4, -0.2) is 31.6 Å². The molecule has 3 nitrogen and oxygen atoms in total. The Balaban J connectivity index is 2.59. The SMILES string of the molecule is CS(=O)(=O)CCC(O)Cc1ccc(F)cc1F. The summed E-state index contributed by atoms with van der Waals surface area (Å²) in [6, 6.07) is 3.08. The van der Waals surface area contributed by atoms with E-state index in [2.05, 4.69) is 0 Å². The van der Waals surface area contributed by atoms with Gasteiger partial charge in [-0.3, -0.25) is 0 Å². The van der Waals surface area contributed by atoms with Crippen LogP contribution in [0.2, 0.25) is 0 Å². The normalized spacial score (nSPS) is 13.6. The third kappa shape index (κ3) is 5.23. The molecule has 0 fully saturated rings. The van der Waals surface area contributed by atoms with Gasteiger partial charge in [0.1, 0.15) is 21.5 Å². The van der Waals surface area contributed by atoms with Crippen molar-refractivity contribution in [2.45, 2.75) is 18.9 Å². The molecule has 0 aliphatic carbocycles. The van der Waals surface area contributed by atoms with E-state index < -0.39 is 27.6 Å². The van der Waals surface area contributed by atoms with Crippen molar-refractivity contribution in [1.29, 1.82) is 0 Å². The van der Waals surface area contributed by atoms with E-state index in [0.717, 1.165) is 18.4 Å². The molecule has 0 saturated heterocycles. The maximum absolute atomic E-state index is 13.2. The molecule has 0 aliphatic heterocycles. The van der Waals surface area contributed by atoms with E-state index in [1.165, 1.54) is 6.07 Å². The van der Waals surface area contributed by atoms with Crippen LogP contribution in [0.4, 0.5) is 8.78 Å². The minimum Gasteiger partial charge on any atom is -0.393 e. The molecule has 1 atom stereocenters. The van der Waals surface area contributed by atoms with Crippen LogP contribution in [0.25, 0.3) is 0 Å². The number of rotatable bonds is 5. The Morgan fingerprint density at radius 2 is 2.00 bits per heavy atom. The average Bonchev–Trinajstić information content (AvgIpc) is 2.18. The predicted molar refractivity (Wildman–Crippen MR) is 60.4 cm³/mol. The van der Waals surface area contributed by atoms with Gasteiger partial charge in [-0.15, -0.1) is 0 Å². The molecule has 0 bridgehead atoms. The molecule has 1 unspecified atom stereocenters. The Morgan fingerprint density at radius 3 is 2.53 bits per heavy atom. The highest BCUT2D eigenvalue weighted by molar-refractivity contribution is 7.90. The fourth-order valence-corrected chi connectivity index (χ4v) is 2.09. The molecule has 0 aliphatic rings. The molecule has 96 valence electrons. The zero-order valence-electron chi connectivity index (χ0n) is 9.36. The lowest BCUT2D eigenvalue weighted by Gasteiger charge is -2.10. The fraction of sp³-hybridized carbons (Fsp3) is 0.455. The summed E-state index contributed by atoms with van der Waals surface area (Å²) in [6.07, 6.45) is 0.125. The van der Waals surface area contributed by atoms with E-state index in [9.17, 15) is 22.3 Å². The maximum Gasteiger partial charge on any atom is 0.147 e. The van der Waals surface area contributed by atoms with Crippen molar-refractivity contribution in [3.05, 3.63) is 35.4 Å². The van der Waals surface area contributed by atoms with Crippen molar-refractivity contribution < 1.29 is 22.3 Å². The Bertz CT molecular complexity index is 485. The number of aliphatic hydroxyl groups excluding tert-OH is 1. The van der Waals surface area contributed by atoms with Gasteiger partial charge in [-0.2, -0.15) is 0 Å². The number of sulfone groups is 1. The van der Waals surface area contributed by atoms with Gasteiger partial charge in [-0.25, -0.2) is 17.2 Å². The first-order valence-electron chi connectivity index (χ1n) is 5.07. The quantitative estimate of drug-likeness (QED) is 0.872. The topological polar surface area (TPSA) is 54.4 Å². The van der Waals surface area contributed by atoms with Gasteiger partial charge in [-0.1, -0.05) is 6.07 Å². The second-order valence-electron chi connectivity index (χ2n) is 4.01. The Labute approximate surface area is 99.0 Å². The smallest absolute Gasteiger partial charge is 0.147 e. The molecular weight excluding hydrogens is 250 g/mol. The molecular formula is C11H14F2O3S. The number of halogens is 2. The summed E-state index contributed by atoms with van der Waals surface area (Å²) >= 11 is 0. The summed E-state index contributed by atoms with van der Waals surface area (Å²) in [5, 5.41) is 9.53. The van der Waals surface area contributed by atoms with E-state index in [0.29, 0.717) is 0 Å². The van der Waals surface area contributed by atoms with Crippen LogP contribution in [0.1, 0.15) is 12.0 Å². The summed E-state index contributed by atoms with van der Waals surface area (Å²) in [4.78, 5) is 0. The monoisotopic (exact) mass is 264 g/mol. The molecule has 0 spiro atoms. The highest BCUT2D eigenvalue weighted by atomic mass is 32.2. The maximum atomic E-state index is 13.2. The van der Waals surface area contributed by atoms with E-state index in [1.807, 2.05) is 0 Å². The van der Waals surface area contributed by atoms with Crippen molar-refractivity contribution in [2.24, 2.45) is 0 Å². The molecule has 17 heavy (non-hydrogen) atoms. The first kappa shape index (κ1) is 14.1. The Hall–Kier alpha value is -1.01. The van der Waals surface area contributed by atoms with E-state index >= 15 is 0 Å². The Morgan fingerprint density at radius 1 is 1.35 bits per heavy atom. The molecule has 1 rings (SSSR count). The molecule has 0 amide bonds. The highest BCUT2D eigenvalue weighted by Crippen LogP contribution is 2.13. The molecule has 6 heteroatoms. The lowest BCUT2D eigenvalue weighted by molar-refractivity contribution is 0.170. The van der Waals surface area contributed by atoms with Gasteiger partial charge in [0.15, 0.2) is 0 Å². The largest absolute Gasteiger partial charge is 0.393 e. The van der Waals surface area contributed by atoms with Crippen molar-refractivity contribution in [3.63, 3.8) is 0 Å². The number of hydrogen-bond acceptors (Lipinski definition) is 3. The van der Waals surface area contributed by atoms with Gasteiger partial charge >= 0.3 is 0 Å². The van der Waals surface area contributed by atoms with E-state index in [1.54, 1.807) is 0 Å². The predicted octanol–water partition coefficient (Wildman–Crippen LogP) is 1.30. The zero-order valence-corrected chi connectivity index (χ0v) is 10.2.